The number of hydrogen-bond donors (Lipinski definition) is 5. The molecule has 1 fully saturated rings. The lowest BCUT2D eigenvalue weighted by molar-refractivity contribution is -0.197. The number of aliphatic hydroxyl groups excluding tert-OH is 1. The van der Waals surface area contributed by atoms with E-state index < -0.39 is 42.3 Å². The fourth-order valence-electron chi connectivity index (χ4n) is 2.63. The first-order chi connectivity index (χ1) is 11.1. The van der Waals surface area contributed by atoms with Gasteiger partial charge in [0.25, 0.3) is 0 Å². The number of amides is 4. The molecule has 10 nitrogen and oxygen atoms in total. The van der Waals surface area contributed by atoms with Gasteiger partial charge in [-0.2, -0.15) is 0 Å². The number of nitrogens with one attached hydrogen (secondary N) is 4. The molecule has 0 aliphatic carbocycles. The van der Waals surface area contributed by atoms with Gasteiger partial charge in [-0.25, -0.2) is 0 Å². The zero-order valence-corrected chi connectivity index (χ0v) is 14.1. The molecule has 0 aromatic rings. The lowest BCUT2D eigenvalue weighted by Gasteiger charge is -2.45. The second kappa shape index (κ2) is 8.60. The summed E-state index contributed by atoms with van der Waals surface area (Å²) in [5.41, 5.74) is 0. The Morgan fingerprint density at radius 2 is 1.25 bits per heavy atom. The van der Waals surface area contributed by atoms with Crippen molar-refractivity contribution in [1.82, 2.24) is 21.3 Å². The van der Waals surface area contributed by atoms with Crippen LogP contribution in [0.25, 0.3) is 0 Å². The molecule has 4 amide bonds. The van der Waals surface area contributed by atoms with Gasteiger partial charge in [-0.1, -0.05) is 0 Å². The molecule has 5 atom stereocenters. The van der Waals surface area contributed by atoms with Gasteiger partial charge in [0.2, 0.25) is 23.6 Å². The summed E-state index contributed by atoms with van der Waals surface area (Å²) in [6, 6.07) is -2.55. The monoisotopic (exact) mass is 344 g/mol. The summed E-state index contributed by atoms with van der Waals surface area (Å²) < 4.78 is 5.44. The van der Waals surface area contributed by atoms with E-state index >= 15 is 0 Å². The highest BCUT2D eigenvalue weighted by Crippen LogP contribution is 2.20. The Kier molecular flexibility index (Phi) is 7.11. The van der Waals surface area contributed by atoms with Crippen LogP contribution < -0.4 is 21.3 Å². The number of carbonyl (C=O) groups excluding carboxylic acids is 4. The zero-order valence-electron chi connectivity index (χ0n) is 14.1. The van der Waals surface area contributed by atoms with E-state index in [-0.39, 0.29) is 18.4 Å². The van der Waals surface area contributed by atoms with E-state index in [1.54, 1.807) is 0 Å². The van der Waals surface area contributed by atoms with Gasteiger partial charge in [-0.3, -0.25) is 19.2 Å². The van der Waals surface area contributed by atoms with Crippen molar-refractivity contribution in [3.8, 4) is 0 Å². The minimum absolute atomic E-state index is 0.0141. The van der Waals surface area contributed by atoms with Crippen LogP contribution in [0, 0.1) is 0 Å². The fourth-order valence-corrected chi connectivity index (χ4v) is 2.63. The topological polar surface area (TPSA) is 146 Å². The van der Waals surface area contributed by atoms with E-state index in [9.17, 15) is 24.3 Å². The summed E-state index contributed by atoms with van der Waals surface area (Å²) in [6.45, 7) is 5.16. The molecule has 0 bridgehead atoms. The van der Waals surface area contributed by atoms with Crippen molar-refractivity contribution >= 4 is 23.6 Å². The van der Waals surface area contributed by atoms with E-state index in [2.05, 4.69) is 21.3 Å². The van der Waals surface area contributed by atoms with Crippen LogP contribution in [0.3, 0.4) is 0 Å². The van der Waals surface area contributed by atoms with Gasteiger partial charge in [-0.15, -0.1) is 0 Å². The Bertz CT molecular complexity index is 511. The van der Waals surface area contributed by atoms with Crippen molar-refractivity contribution in [3.05, 3.63) is 0 Å². The van der Waals surface area contributed by atoms with Crippen molar-refractivity contribution in [1.29, 1.82) is 0 Å². The number of carbonyl (C=O) groups is 4. The van der Waals surface area contributed by atoms with Crippen molar-refractivity contribution in [2.45, 2.75) is 58.2 Å². The standard InChI is InChI=1S/C14H24N4O6/c1-6(19)15-5-10-11(16-7(2)20)12(17-8(3)21)13(14(23)24-10)18-9(4)22/h10-14,23H,5H2,1-4H3,(H,15,19)(H,16,20)(H,17,21)(H,18,22)/t10-,11+,12+,13-,14-/m1/s1. The molecule has 0 aromatic heterocycles. The summed E-state index contributed by atoms with van der Waals surface area (Å²) in [4.78, 5) is 45.5. The van der Waals surface area contributed by atoms with Crippen LogP contribution in [0.15, 0.2) is 0 Å². The predicted octanol–water partition coefficient (Wildman–Crippen LogP) is -2.65. The fraction of sp³-hybridized carbons (Fsp3) is 0.714. The van der Waals surface area contributed by atoms with Crippen LogP contribution in [-0.4, -0.2) is 65.8 Å². The third-order valence-electron chi connectivity index (χ3n) is 3.46. The lowest BCUT2D eigenvalue weighted by Crippen LogP contribution is -2.73. The molecular formula is C14H24N4O6. The van der Waals surface area contributed by atoms with Crippen LogP contribution in [0.1, 0.15) is 27.7 Å². The Labute approximate surface area is 139 Å². The van der Waals surface area contributed by atoms with Crippen LogP contribution in [0.4, 0.5) is 0 Å². The quantitative estimate of drug-likeness (QED) is 0.368. The average molecular weight is 344 g/mol. The summed E-state index contributed by atoms with van der Waals surface area (Å²) in [6.07, 6.45) is -2.22. The molecular weight excluding hydrogens is 320 g/mol. The van der Waals surface area contributed by atoms with Gasteiger partial charge in [0.05, 0.1) is 12.1 Å². The average Bonchev–Trinajstić information content (AvgIpc) is 2.42. The van der Waals surface area contributed by atoms with Gasteiger partial charge < -0.3 is 31.1 Å². The molecule has 1 rings (SSSR count). The maximum Gasteiger partial charge on any atom is 0.217 e. The summed E-state index contributed by atoms with van der Waals surface area (Å²) in [5.74, 6) is -1.53. The number of aliphatic hydroxyl groups is 1. The van der Waals surface area contributed by atoms with Gasteiger partial charge in [0.15, 0.2) is 6.29 Å². The van der Waals surface area contributed by atoms with Crippen LogP contribution in [-0.2, 0) is 23.9 Å². The van der Waals surface area contributed by atoms with Gasteiger partial charge in [0, 0.05) is 34.2 Å². The minimum Gasteiger partial charge on any atom is -0.366 e. The molecule has 0 aromatic carbocycles. The molecule has 5 N–H and O–H groups in total. The van der Waals surface area contributed by atoms with Crippen LogP contribution in [0.5, 0.6) is 0 Å². The van der Waals surface area contributed by atoms with Gasteiger partial charge in [-0.05, 0) is 0 Å². The predicted molar refractivity (Wildman–Crippen MR) is 82.4 cm³/mol. The second-order valence-electron chi connectivity index (χ2n) is 5.68. The van der Waals surface area contributed by atoms with E-state index in [0.29, 0.717) is 0 Å². The maximum atomic E-state index is 11.5. The SMILES string of the molecule is CC(=O)NC[C@H]1O[C@@H](O)[C@H](NC(C)=O)[C@@H](NC(C)=O)[C@H]1NC(C)=O. The summed E-state index contributed by atoms with van der Waals surface area (Å²) >= 11 is 0. The van der Waals surface area contributed by atoms with Crippen molar-refractivity contribution in [2.24, 2.45) is 0 Å². The third-order valence-corrected chi connectivity index (χ3v) is 3.46. The van der Waals surface area contributed by atoms with Gasteiger partial charge in [0.1, 0.15) is 12.1 Å². The summed E-state index contributed by atoms with van der Waals surface area (Å²) in [5, 5.41) is 20.5. The molecule has 1 aliphatic rings. The van der Waals surface area contributed by atoms with E-state index in [1.165, 1.54) is 27.7 Å². The number of ether oxygens (including phenoxy) is 1. The first-order valence-corrected chi connectivity index (χ1v) is 7.51. The lowest BCUT2D eigenvalue weighted by atomic mass is 9.90. The highest BCUT2D eigenvalue weighted by atomic mass is 16.6. The van der Waals surface area contributed by atoms with E-state index in [0.717, 1.165) is 0 Å². The zero-order chi connectivity index (χ0) is 18.4. The molecule has 136 valence electrons. The molecule has 0 unspecified atom stereocenters. The Balaban J connectivity index is 3.11. The molecule has 1 aliphatic heterocycles. The Morgan fingerprint density at radius 3 is 1.71 bits per heavy atom. The molecule has 1 heterocycles. The Morgan fingerprint density at radius 1 is 0.792 bits per heavy atom. The third kappa shape index (κ3) is 5.78. The highest BCUT2D eigenvalue weighted by Gasteiger charge is 2.46. The highest BCUT2D eigenvalue weighted by molar-refractivity contribution is 5.76. The van der Waals surface area contributed by atoms with Gasteiger partial charge >= 0.3 is 0 Å². The first kappa shape index (κ1) is 19.8. The molecule has 10 heteroatoms. The van der Waals surface area contributed by atoms with Crippen LogP contribution >= 0.6 is 0 Å². The maximum absolute atomic E-state index is 11.5. The largest absolute Gasteiger partial charge is 0.366 e. The number of rotatable bonds is 5. The Hall–Kier alpha value is -2.20. The number of hydrogen-bond acceptors (Lipinski definition) is 6. The van der Waals surface area contributed by atoms with Crippen molar-refractivity contribution < 1.29 is 29.0 Å². The molecule has 0 spiro atoms. The van der Waals surface area contributed by atoms with Crippen molar-refractivity contribution in [3.63, 3.8) is 0 Å². The van der Waals surface area contributed by atoms with Crippen LogP contribution in [0.2, 0.25) is 0 Å². The molecule has 0 saturated carbocycles. The minimum atomic E-state index is -1.42. The van der Waals surface area contributed by atoms with Crippen molar-refractivity contribution in [2.75, 3.05) is 6.54 Å². The normalized spacial score (nSPS) is 29.3. The molecule has 24 heavy (non-hydrogen) atoms. The molecule has 1 saturated heterocycles. The van der Waals surface area contributed by atoms with E-state index in [1.807, 2.05) is 0 Å². The summed E-state index contributed by atoms with van der Waals surface area (Å²) in [7, 11) is 0. The van der Waals surface area contributed by atoms with E-state index in [4.69, 9.17) is 4.74 Å². The second-order valence-corrected chi connectivity index (χ2v) is 5.68. The first-order valence-electron chi connectivity index (χ1n) is 7.51. The molecule has 0 radical (unpaired) electrons. The smallest absolute Gasteiger partial charge is 0.217 e.